The molecule has 1 aliphatic rings. The third kappa shape index (κ3) is 2.36. The Morgan fingerprint density at radius 2 is 1.46 bits per heavy atom. The molecule has 0 atom stereocenters. The zero-order valence-corrected chi connectivity index (χ0v) is 15.3. The van der Waals surface area contributed by atoms with Crippen LogP contribution < -0.4 is 0 Å². The van der Waals surface area contributed by atoms with E-state index in [-0.39, 0.29) is 5.82 Å². The van der Waals surface area contributed by atoms with Crippen LogP contribution in [0.2, 0.25) is 0 Å². The highest BCUT2D eigenvalue weighted by Gasteiger charge is 2.16. The van der Waals surface area contributed by atoms with Crippen molar-refractivity contribution < 1.29 is 8.81 Å². The van der Waals surface area contributed by atoms with E-state index in [4.69, 9.17) is 4.42 Å². The second-order valence-corrected chi connectivity index (χ2v) is 7.66. The fourth-order valence-electron chi connectivity index (χ4n) is 4.51. The molecular formula is C25H18FNO. The van der Waals surface area contributed by atoms with Crippen molar-refractivity contribution in [1.29, 1.82) is 0 Å². The smallest absolute Gasteiger partial charge is 0.136 e. The molecule has 0 unspecified atom stereocenters. The molecule has 0 amide bonds. The van der Waals surface area contributed by atoms with E-state index in [0.717, 1.165) is 51.4 Å². The number of aromatic nitrogens is 1. The Labute approximate surface area is 161 Å². The Balaban J connectivity index is 1.65. The van der Waals surface area contributed by atoms with E-state index in [1.54, 1.807) is 18.3 Å². The lowest BCUT2D eigenvalue weighted by Crippen LogP contribution is -2.01. The molecule has 2 nitrogen and oxygen atoms in total. The molecular weight excluding hydrogens is 349 g/mol. The summed E-state index contributed by atoms with van der Waals surface area (Å²) in [6, 6.07) is 17.3. The monoisotopic (exact) mass is 367 g/mol. The van der Waals surface area contributed by atoms with E-state index in [2.05, 4.69) is 29.2 Å². The highest BCUT2D eigenvalue weighted by atomic mass is 19.1. The second kappa shape index (κ2) is 5.90. The van der Waals surface area contributed by atoms with Crippen LogP contribution in [0.3, 0.4) is 0 Å². The summed E-state index contributed by atoms with van der Waals surface area (Å²) < 4.78 is 19.6. The summed E-state index contributed by atoms with van der Waals surface area (Å²) in [5.41, 5.74) is 6.52. The summed E-state index contributed by atoms with van der Waals surface area (Å²) in [4.78, 5) is 4.60. The van der Waals surface area contributed by atoms with Crippen LogP contribution in [-0.2, 0) is 12.8 Å². The number of halogens is 1. The normalized spacial score (nSPS) is 14.0. The fraction of sp³-hybridized carbons (Fsp3) is 0.160. The van der Waals surface area contributed by atoms with Crippen molar-refractivity contribution in [2.45, 2.75) is 25.7 Å². The molecule has 0 fully saturated rings. The molecule has 0 aliphatic heterocycles. The van der Waals surface area contributed by atoms with Gasteiger partial charge >= 0.3 is 0 Å². The number of aryl methyl sites for hydroxylation is 2. The van der Waals surface area contributed by atoms with E-state index in [9.17, 15) is 4.39 Å². The number of pyridine rings is 1. The minimum absolute atomic E-state index is 0.239. The van der Waals surface area contributed by atoms with E-state index >= 15 is 0 Å². The van der Waals surface area contributed by atoms with Gasteiger partial charge in [-0.2, -0.15) is 0 Å². The van der Waals surface area contributed by atoms with Crippen molar-refractivity contribution in [3.8, 4) is 11.3 Å². The summed E-state index contributed by atoms with van der Waals surface area (Å²) in [7, 11) is 0. The van der Waals surface area contributed by atoms with Gasteiger partial charge in [0.05, 0.1) is 5.69 Å². The lowest BCUT2D eigenvalue weighted by Gasteiger charge is -2.14. The van der Waals surface area contributed by atoms with Crippen LogP contribution in [0.1, 0.15) is 24.0 Å². The quantitative estimate of drug-likeness (QED) is 0.325. The average molecular weight is 367 g/mol. The van der Waals surface area contributed by atoms with Crippen molar-refractivity contribution in [1.82, 2.24) is 4.98 Å². The zero-order valence-electron chi connectivity index (χ0n) is 15.3. The summed E-state index contributed by atoms with van der Waals surface area (Å²) in [5.74, 6) is -0.239. The number of benzene rings is 3. The first-order valence-corrected chi connectivity index (χ1v) is 9.79. The first-order valence-electron chi connectivity index (χ1n) is 9.79. The van der Waals surface area contributed by atoms with Gasteiger partial charge < -0.3 is 4.42 Å². The molecule has 5 aromatic rings. The number of rotatable bonds is 1. The van der Waals surface area contributed by atoms with Crippen molar-refractivity contribution in [2.75, 3.05) is 0 Å². The topological polar surface area (TPSA) is 26.0 Å². The molecule has 0 spiro atoms. The number of hydrogen-bond acceptors (Lipinski definition) is 2. The summed E-state index contributed by atoms with van der Waals surface area (Å²) in [6.07, 6.45) is 6.61. The van der Waals surface area contributed by atoms with E-state index in [1.807, 2.05) is 6.07 Å². The van der Waals surface area contributed by atoms with Gasteiger partial charge in [-0.25, -0.2) is 4.39 Å². The summed E-state index contributed by atoms with van der Waals surface area (Å²) in [6.45, 7) is 0. The predicted octanol–water partition coefficient (Wildman–Crippen LogP) is 6.82. The largest absolute Gasteiger partial charge is 0.456 e. The maximum Gasteiger partial charge on any atom is 0.136 e. The van der Waals surface area contributed by atoms with Gasteiger partial charge in [0.2, 0.25) is 0 Å². The van der Waals surface area contributed by atoms with Crippen LogP contribution in [0.5, 0.6) is 0 Å². The third-order valence-electron chi connectivity index (χ3n) is 5.94. The van der Waals surface area contributed by atoms with Crippen LogP contribution >= 0.6 is 0 Å². The minimum Gasteiger partial charge on any atom is -0.456 e. The van der Waals surface area contributed by atoms with Crippen molar-refractivity contribution in [3.63, 3.8) is 0 Å². The first-order chi connectivity index (χ1) is 13.8. The molecule has 0 saturated heterocycles. The Hall–Kier alpha value is -3.20. The van der Waals surface area contributed by atoms with E-state index in [0.29, 0.717) is 0 Å². The van der Waals surface area contributed by atoms with Gasteiger partial charge in [-0.15, -0.1) is 0 Å². The van der Waals surface area contributed by atoms with Gasteiger partial charge in [-0.1, -0.05) is 0 Å². The van der Waals surface area contributed by atoms with Crippen LogP contribution in [-0.4, -0.2) is 4.98 Å². The van der Waals surface area contributed by atoms with Gasteiger partial charge in [0.25, 0.3) is 0 Å². The fourth-order valence-corrected chi connectivity index (χ4v) is 4.51. The highest BCUT2D eigenvalue weighted by molar-refractivity contribution is 6.12. The van der Waals surface area contributed by atoms with Gasteiger partial charge in [0.15, 0.2) is 0 Å². The van der Waals surface area contributed by atoms with E-state index in [1.165, 1.54) is 41.5 Å². The van der Waals surface area contributed by atoms with Gasteiger partial charge in [-0.05, 0) is 96.8 Å². The maximum absolute atomic E-state index is 13.4. The zero-order chi connectivity index (χ0) is 18.7. The molecule has 136 valence electrons. The minimum atomic E-state index is -0.239. The molecule has 0 saturated carbocycles. The molecule has 28 heavy (non-hydrogen) atoms. The average Bonchev–Trinajstić information content (AvgIpc) is 3.07. The number of nitrogens with zero attached hydrogens (tertiary/aromatic N) is 1. The van der Waals surface area contributed by atoms with Crippen LogP contribution in [0.25, 0.3) is 44.0 Å². The van der Waals surface area contributed by atoms with Crippen LogP contribution in [0, 0.1) is 5.82 Å². The predicted molar refractivity (Wildman–Crippen MR) is 111 cm³/mol. The summed E-state index contributed by atoms with van der Waals surface area (Å²) in [5, 5.41) is 4.42. The molecule has 2 heterocycles. The molecule has 3 heteroatoms. The first kappa shape index (κ1) is 15.8. The molecule has 0 bridgehead atoms. The van der Waals surface area contributed by atoms with Crippen LogP contribution in [0.15, 0.2) is 65.2 Å². The lowest BCUT2D eigenvalue weighted by atomic mass is 9.90. The maximum atomic E-state index is 13.4. The van der Waals surface area contributed by atoms with Gasteiger partial charge in [-0.3, -0.25) is 4.98 Å². The molecule has 1 aliphatic carbocycles. The summed E-state index contributed by atoms with van der Waals surface area (Å²) >= 11 is 0. The SMILES string of the molecule is Fc1ccc(-c2nccc3cc4oc5cc6c(cc5c4cc23)CCCC6)cc1. The standard InChI is InChI=1S/C25H18FNO/c26-19-7-5-15(6-8-19)25-20-14-22-21-11-16-3-1-2-4-17(16)12-23(21)28-24(22)13-18(20)9-10-27-25/h5-14H,1-4H2. The van der Waals surface area contributed by atoms with Crippen molar-refractivity contribution in [3.05, 3.63) is 77.7 Å². The number of furan rings is 1. The lowest BCUT2D eigenvalue weighted by molar-refractivity contribution is 0.628. The molecule has 0 radical (unpaired) electrons. The second-order valence-electron chi connectivity index (χ2n) is 7.66. The van der Waals surface area contributed by atoms with Crippen LogP contribution in [0.4, 0.5) is 4.39 Å². The highest BCUT2D eigenvalue weighted by Crippen LogP contribution is 2.37. The van der Waals surface area contributed by atoms with Crippen molar-refractivity contribution >= 4 is 32.7 Å². The number of hydrogen-bond donors (Lipinski definition) is 0. The Morgan fingerprint density at radius 3 is 2.29 bits per heavy atom. The molecule has 6 rings (SSSR count). The molecule has 3 aromatic carbocycles. The third-order valence-corrected chi connectivity index (χ3v) is 5.94. The Kier molecular flexibility index (Phi) is 3.33. The van der Waals surface area contributed by atoms with Crippen molar-refractivity contribution in [2.24, 2.45) is 0 Å². The van der Waals surface area contributed by atoms with Gasteiger partial charge in [0, 0.05) is 27.9 Å². The Bertz CT molecular complexity index is 1370. The molecule has 0 N–H and O–H groups in total. The van der Waals surface area contributed by atoms with Gasteiger partial charge in [0.1, 0.15) is 17.0 Å². The number of fused-ring (bicyclic) bond motifs is 5. The van der Waals surface area contributed by atoms with E-state index < -0.39 is 0 Å². The molecule has 2 aromatic heterocycles. The Morgan fingerprint density at radius 1 is 0.750 bits per heavy atom.